The van der Waals surface area contributed by atoms with Crippen LogP contribution < -0.4 is 10.6 Å². The minimum Gasteiger partial charge on any atom is -0.453 e. The molecule has 0 spiro atoms. The quantitative estimate of drug-likeness (QED) is 0.202. The van der Waals surface area contributed by atoms with Crippen molar-refractivity contribution in [3.8, 4) is 0 Å². The monoisotopic (exact) mass is 750 g/mol. The largest absolute Gasteiger partial charge is 0.453 e. The average molecular weight is 751 g/mol. The van der Waals surface area contributed by atoms with E-state index in [0.29, 0.717) is 24.9 Å². The number of likely N-dealkylation sites (tertiary alicyclic amines) is 2. The summed E-state index contributed by atoms with van der Waals surface area (Å²) in [6, 6.07) is -1.51. The fourth-order valence-electron chi connectivity index (χ4n) is 9.65. The molecule has 54 heavy (non-hydrogen) atoms. The van der Waals surface area contributed by atoms with E-state index in [1.807, 2.05) is 49.9 Å². The van der Waals surface area contributed by atoms with Crippen molar-refractivity contribution in [3.05, 3.63) is 35.4 Å². The number of hydrogen-bond donors (Lipinski definition) is 4. The van der Waals surface area contributed by atoms with E-state index >= 15 is 0 Å². The molecule has 2 aliphatic heterocycles. The van der Waals surface area contributed by atoms with Crippen LogP contribution in [0.2, 0.25) is 0 Å². The third kappa shape index (κ3) is 8.72. The number of nitrogens with one attached hydrogen (secondary N) is 4. The predicted octanol–water partition coefficient (Wildman–Crippen LogP) is 6.47. The van der Waals surface area contributed by atoms with Gasteiger partial charge in [-0.05, 0) is 101 Å². The maximum atomic E-state index is 13.6. The Kier molecular flexibility index (Phi) is 12.9. The summed E-state index contributed by atoms with van der Waals surface area (Å²) in [6.45, 7) is 9.02. The first-order valence-corrected chi connectivity index (χ1v) is 20.4. The first-order valence-electron chi connectivity index (χ1n) is 20.4. The average Bonchev–Trinajstić information content (AvgIpc) is 4.02. The van der Waals surface area contributed by atoms with Crippen molar-refractivity contribution in [2.75, 3.05) is 27.3 Å². The summed E-state index contributed by atoms with van der Waals surface area (Å²) in [5.74, 6) is 3.78. The number of alkyl carbamates (subject to hydrolysis) is 2. The Labute approximate surface area is 319 Å². The van der Waals surface area contributed by atoms with Gasteiger partial charge < -0.3 is 39.9 Å². The standard InChI is InChI=1S/C40H62N8O6/c1-23(2)33(45-39(51)53-5)37(49)47-19-7-9-31(47)35-41-21-29(43-35)27-15-11-25(12-16-27)26-13-17-28(18-14-26)30-22-42-36(44-30)32-10-8-20-48(32)38(50)34(24(3)4)46-40(52)54-6/h21-28,31-34H,7-20H2,1-6H3,(H,41,43)(H,42,44)(H,45,51)(H,46,52)/t25-,26?,27-,28?,31-,32?,33?,34?/m0/s1. The minimum atomic E-state index is -0.642. The first-order chi connectivity index (χ1) is 26.0. The van der Waals surface area contributed by atoms with Gasteiger partial charge in [0.05, 0.1) is 26.3 Å². The fraction of sp³-hybridized carbons (Fsp3) is 0.750. The van der Waals surface area contributed by atoms with Crippen molar-refractivity contribution in [2.45, 2.75) is 141 Å². The van der Waals surface area contributed by atoms with E-state index in [1.165, 1.54) is 51.3 Å². The third-order valence-electron chi connectivity index (χ3n) is 12.8. The molecule has 4 amide bonds. The van der Waals surface area contributed by atoms with Gasteiger partial charge >= 0.3 is 12.2 Å². The zero-order valence-electron chi connectivity index (χ0n) is 33.1. The smallest absolute Gasteiger partial charge is 0.407 e. The Morgan fingerprint density at radius 2 is 1.00 bits per heavy atom. The van der Waals surface area contributed by atoms with Crippen LogP contribution in [0.4, 0.5) is 9.59 Å². The van der Waals surface area contributed by atoms with Crippen molar-refractivity contribution >= 4 is 24.0 Å². The molecule has 2 saturated heterocycles. The number of ether oxygens (including phenoxy) is 2. The van der Waals surface area contributed by atoms with Gasteiger partial charge in [-0.3, -0.25) is 9.59 Å². The summed E-state index contributed by atoms with van der Waals surface area (Å²) in [5, 5.41) is 5.46. The van der Waals surface area contributed by atoms with Gasteiger partial charge in [-0.25, -0.2) is 19.6 Å². The Balaban J connectivity index is 0.986. The summed E-state index contributed by atoms with van der Waals surface area (Å²) in [6.07, 6.45) is 15.8. The van der Waals surface area contributed by atoms with Gasteiger partial charge in [0.15, 0.2) is 0 Å². The highest BCUT2D eigenvalue weighted by atomic mass is 16.5. The second-order valence-corrected chi connectivity index (χ2v) is 16.8. The van der Waals surface area contributed by atoms with E-state index in [0.717, 1.165) is 74.9 Å². The SMILES string of the molecule is COC(=O)NC(C(=O)N1CCCC1c1ncc(C2CCC([C@H]3CC[C@H](c4cnc([C@@H]5CCCN5C(=O)C(NC(=O)OC)C(C)C)[nH]4)CC3)CC2)[nH]1)C(C)C. The number of nitrogens with zero attached hydrogens (tertiary/aromatic N) is 4. The van der Waals surface area contributed by atoms with Crippen LogP contribution in [0, 0.1) is 23.7 Å². The summed E-state index contributed by atoms with van der Waals surface area (Å²) in [4.78, 5) is 71.6. The van der Waals surface area contributed by atoms with E-state index in [1.54, 1.807) is 0 Å². The molecule has 2 aliphatic carbocycles. The Bertz CT molecular complexity index is 1470. The number of carbonyl (C=O) groups is 4. The lowest BCUT2D eigenvalue weighted by Gasteiger charge is -2.37. The Morgan fingerprint density at radius 1 is 0.630 bits per heavy atom. The molecule has 0 radical (unpaired) electrons. The highest BCUT2D eigenvalue weighted by Crippen LogP contribution is 2.46. The van der Waals surface area contributed by atoms with Gasteiger partial charge in [0.25, 0.3) is 0 Å². The molecule has 4 N–H and O–H groups in total. The molecule has 4 aliphatic rings. The molecule has 298 valence electrons. The number of carbonyl (C=O) groups excluding carboxylic acids is 4. The van der Waals surface area contributed by atoms with Crippen LogP contribution in [-0.2, 0) is 19.1 Å². The lowest BCUT2D eigenvalue weighted by atomic mass is 9.68. The molecule has 4 fully saturated rings. The molecule has 0 aromatic carbocycles. The molecule has 14 heteroatoms. The van der Waals surface area contributed by atoms with Crippen LogP contribution in [0.1, 0.15) is 152 Å². The molecule has 3 unspecified atom stereocenters. The lowest BCUT2D eigenvalue weighted by Crippen LogP contribution is -2.51. The number of rotatable bonds is 11. The molecule has 0 bridgehead atoms. The second-order valence-electron chi connectivity index (χ2n) is 16.8. The molecule has 2 aromatic heterocycles. The summed E-state index contributed by atoms with van der Waals surface area (Å²) >= 11 is 0. The van der Waals surface area contributed by atoms with Crippen LogP contribution in [-0.4, -0.2) is 93.1 Å². The van der Waals surface area contributed by atoms with Crippen LogP contribution in [0.25, 0.3) is 0 Å². The van der Waals surface area contributed by atoms with E-state index in [-0.39, 0.29) is 35.7 Å². The van der Waals surface area contributed by atoms with Gasteiger partial charge in [0.2, 0.25) is 11.8 Å². The van der Waals surface area contributed by atoms with Gasteiger partial charge in [-0.1, -0.05) is 27.7 Å². The summed E-state index contributed by atoms with van der Waals surface area (Å²) in [5.41, 5.74) is 2.35. The Hall–Kier alpha value is -4.10. The molecule has 4 atom stereocenters. The number of H-pyrrole nitrogens is 2. The molecule has 6 rings (SSSR count). The normalized spacial score (nSPS) is 27.2. The molecule has 2 aromatic rings. The number of amides is 4. The van der Waals surface area contributed by atoms with Crippen molar-refractivity contribution in [2.24, 2.45) is 23.7 Å². The van der Waals surface area contributed by atoms with Crippen LogP contribution >= 0.6 is 0 Å². The van der Waals surface area contributed by atoms with Crippen molar-refractivity contribution in [1.29, 1.82) is 0 Å². The van der Waals surface area contributed by atoms with Crippen LogP contribution in [0.5, 0.6) is 0 Å². The second kappa shape index (κ2) is 17.6. The number of aromatic amines is 2. The number of aromatic nitrogens is 4. The number of hydrogen-bond acceptors (Lipinski definition) is 8. The first kappa shape index (κ1) is 39.6. The topological polar surface area (TPSA) is 175 Å². The maximum absolute atomic E-state index is 13.6. The molecular weight excluding hydrogens is 688 g/mol. The van der Waals surface area contributed by atoms with E-state index in [2.05, 4.69) is 20.6 Å². The zero-order valence-corrected chi connectivity index (χ0v) is 33.1. The highest BCUT2D eigenvalue weighted by molar-refractivity contribution is 5.87. The van der Waals surface area contributed by atoms with Gasteiger partial charge in [0, 0.05) is 48.7 Å². The number of methoxy groups -OCH3 is 2. The lowest BCUT2D eigenvalue weighted by molar-refractivity contribution is -0.136. The van der Waals surface area contributed by atoms with Crippen molar-refractivity contribution in [3.63, 3.8) is 0 Å². The predicted molar refractivity (Wildman–Crippen MR) is 202 cm³/mol. The van der Waals surface area contributed by atoms with Gasteiger partial charge in [0.1, 0.15) is 23.7 Å². The highest BCUT2D eigenvalue weighted by Gasteiger charge is 2.40. The van der Waals surface area contributed by atoms with E-state index in [9.17, 15) is 19.2 Å². The molecule has 2 saturated carbocycles. The van der Waals surface area contributed by atoms with Crippen molar-refractivity contribution in [1.82, 2.24) is 40.4 Å². The zero-order chi connectivity index (χ0) is 38.5. The van der Waals surface area contributed by atoms with E-state index in [4.69, 9.17) is 19.4 Å². The molecular formula is C40H62N8O6. The van der Waals surface area contributed by atoms with E-state index < -0.39 is 24.3 Å². The number of imidazole rings is 2. The maximum Gasteiger partial charge on any atom is 0.407 e. The van der Waals surface area contributed by atoms with Crippen LogP contribution in [0.15, 0.2) is 12.4 Å². The van der Waals surface area contributed by atoms with Gasteiger partial charge in [-0.15, -0.1) is 0 Å². The summed E-state index contributed by atoms with van der Waals surface area (Å²) in [7, 11) is 2.62. The Morgan fingerprint density at radius 3 is 1.33 bits per heavy atom. The fourth-order valence-corrected chi connectivity index (χ4v) is 9.65. The molecule has 4 heterocycles. The van der Waals surface area contributed by atoms with Crippen LogP contribution in [0.3, 0.4) is 0 Å². The minimum absolute atomic E-state index is 0.0666. The molecule has 14 nitrogen and oxygen atoms in total. The third-order valence-corrected chi connectivity index (χ3v) is 12.8. The van der Waals surface area contributed by atoms with Gasteiger partial charge in [-0.2, -0.15) is 0 Å². The summed E-state index contributed by atoms with van der Waals surface area (Å²) < 4.78 is 9.55. The van der Waals surface area contributed by atoms with Crippen molar-refractivity contribution < 1.29 is 28.7 Å².